The quantitative estimate of drug-likeness (QED) is 0.447. The summed E-state index contributed by atoms with van der Waals surface area (Å²) in [4.78, 5) is 12.8. The van der Waals surface area contributed by atoms with E-state index in [-0.39, 0.29) is 5.89 Å². The van der Waals surface area contributed by atoms with Crippen molar-refractivity contribution in [3.8, 4) is 10.8 Å². The van der Waals surface area contributed by atoms with Crippen molar-refractivity contribution in [2.45, 2.75) is 13.0 Å². The Morgan fingerprint density at radius 3 is 2.79 bits per heavy atom. The van der Waals surface area contributed by atoms with E-state index in [1.54, 1.807) is 13.0 Å². The first kappa shape index (κ1) is 16.6. The SMILES string of the molecule is C[C@H](OC(=O)/C=C/c1ccc(Br)cc1)c1nnc(-c2cccs2)o1. The van der Waals surface area contributed by atoms with Crippen molar-refractivity contribution in [3.63, 3.8) is 0 Å². The molecule has 24 heavy (non-hydrogen) atoms. The summed E-state index contributed by atoms with van der Waals surface area (Å²) < 4.78 is 11.8. The van der Waals surface area contributed by atoms with Crippen LogP contribution in [0, 0.1) is 0 Å². The van der Waals surface area contributed by atoms with E-state index in [9.17, 15) is 4.79 Å². The molecule has 7 heteroatoms. The largest absolute Gasteiger partial charge is 0.449 e. The number of carbonyl (C=O) groups excluding carboxylic acids is 1. The number of nitrogens with zero attached hydrogens (tertiary/aromatic N) is 2. The first-order valence-electron chi connectivity index (χ1n) is 7.13. The van der Waals surface area contributed by atoms with Crippen molar-refractivity contribution >= 4 is 39.3 Å². The summed E-state index contributed by atoms with van der Waals surface area (Å²) in [5.41, 5.74) is 0.903. The highest BCUT2D eigenvalue weighted by Crippen LogP contribution is 2.25. The first-order chi connectivity index (χ1) is 11.6. The number of carbonyl (C=O) groups is 1. The summed E-state index contributed by atoms with van der Waals surface area (Å²) in [5, 5.41) is 9.83. The van der Waals surface area contributed by atoms with Crippen molar-refractivity contribution in [1.29, 1.82) is 0 Å². The van der Waals surface area contributed by atoms with Gasteiger partial charge in [0.05, 0.1) is 4.88 Å². The van der Waals surface area contributed by atoms with Crippen LogP contribution in [-0.4, -0.2) is 16.2 Å². The first-order valence-corrected chi connectivity index (χ1v) is 8.80. The molecular weight excluding hydrogens is 392 g/mol. The Labute approximate surface area is 151 Å². The van der Waals surface area contributed by atoms with Gasteiger partial charge in [-0.25, -0.2) is 4.79 Å². The highest BCUT2D eigenvalue weighted by molar-refractivity contribution is 9.10. The molecule has 3 rings (SSSR count). The Morgan fingerprint density at radius 2 is 2.08 bits per heavy atom. The van der Waals surface area contributed by atoms with Crippen molar-refractivity contribution in [2.75, 3.05) is 0 Å². The van der Waals surface area contributed by atoms with E-state index in [0.717, 1.165) is 14.9 Å². The third-order valence-corrected chi connectivity index (χ3v) is 4.48. The van der Waals surface area contributed by atoms with Crippen LogP contribution in [0.1, 0.15) is 24.5 Å². The Kier molecular flexibility index (Phi) is 5.22. The average molecular weight is 405 g/mol. The number of hydrogen-bond acceptors (Lipinski definition) is 6. The second-order valence-electron chi connectivity index (χ2n) is 4.89. The molecule has 0 fully saturated rings. The third kappa shape index (κ3) is 4.18. The Morgan fingerprint density at radius 1 is 1.29 bits per heavy atom. The molecule has 0 aliphatic heterocycles. The summed E-state index contributed by atoms with van der Waals surface area (Å²) in [6.45, 7) is 1.69. The van der Waals surface area contributed by atoms with Crippen LogP contribution < -0.4 is 0 Å². The van der Waals surface area contributed by atoms with Gasteiger partial charge < -0.3 is 9.15 Å². The van der Waals surface area contributed by atoms with Gasteiger partial charge in [-0.2, -0.15) is 0 Å². The number of benzene rings is 1. The summed E-state index contributed by atoms with van der Waals surface area (Å²) in [7, 11) is 0. The average Bonchev–Trinajstić information content (AvgIpc) is 3.25. The number of thiophene rings is 1. The van der Waals surface area contributed by atoms with E-state index >= 15 is 0 Å². The zero-order valence-corrected chi connectivity index (χ0v) is 15.1. The second-order valence-corrected chi connectivity index (χ2v) is 6.75. The summed E-state index contributed by atoms with van der Waals surface area (Å²) in [6, 6.07) is 11.4. The molecule has 0 amide bonds. The fourth-order valence-corrected chi connectivity index (χ4v) is 2.81. The van der Waals surface area contributed by atoms with E-state index in [1.807, 2.05) is 41.8 Å². The van der Waals surface area contributed by atoms with Crippen LogP contribution in [0.5, 0.6) is 0 Å². The van der Waals surface area contributed by atoms with E-state index in [2.05, 4.69) is 26.1 Å². The predicted octanol–water partition coefficient (Wildman–Crippen LogP) is 4.88. The normalized spacial score (nSPS) is 12.4. The minimum Gasteiger partial charge on any atom is -0.449 e. The molecule has 5 nitrogen and oxygen atoms in total. The molecule has 3 aromatic rings. The minimum atomic E-state index is -0.617. The lowest BCUT2D eigenvalue weighted by Crippen LogP contribution is -2.06. The van der Waals surface area contributed by atoms with Gasteiger partial charge in [-0.3, -0.25) is 0 Å². The molecule has 1 aromatic carbocycles. The molecule has 1 atom stereocenters. The fraction of sp³-hybridized carbons (Fsp3) is 0.118. The van der Waals surface area contributed by atoms with Gasteiger partial charge in [0.15, 0.2) is 6.10 Å². The maximum absolute atomic E-state index is 11.9. The Bertz CT molecular complexity index is 841. The molecule has 2 heterocycles. The molecule has 122 valence electrons. The molecule has 0 N–H and O–H groups in total. The maximum Gasteiger partial charge on any atom is 0.331 e. The lowest BCUT2D eigenvalue weighted by molar-refractivity contribution is -0.143. The van der Waals surface area contributed by atoms with Crippen molar-refractivity contribution in [2.24, 2.45) is 0 Å². The van der Waals surface area contributed by atoms with Crippen LogP contribution in [0.15, 0.2) is 56.7 Å². The smallest absolute Gasteiger partial charge is 0.331 e. The van der Waals surface area contributed by atoms with Crippen LogP contribution in [0.2, 0.25) is 0 Å². The number of aromatic nitrogens is 2. The highest BCUT2D eigenvalue weighted by atomic mass is 79.9. The van der Waals surface area contributed by atoms with Crippen LogP contribution in [-0.2, 0) is 9.53 Å². The van der Waals surface area contributed by atoms with Crippen molar-refractivity contribution in [1.82, 2.24) is 10.2 Å². The molecule has 0 radical (unpaired) electrons. The Balaban J connectivity index is 1.61. The minimum absolute atomic E-state index is 0.267. The third-order valence-electron chi connectivity index (χ3n) is 3.10. The van der Waals surface area contributed by atoms with Gasteiger partial charge in [0, 0.05) is 10.5 Å². The van der Waals surface area contributed by atoms with Crippen LogP contribution in [0.25, 0.3) is 16.8 Å². The van der Waals surface area contributed by atoms with E-state index in [4.69, 9.17) is 9.15 Å². The van der Waals surface area contributed by atoms with Gasteiger partial charge in [-0.1, -0.05) is 34.1 Å². The van der Waals surface area contributed by atoms with Crippen molar-refractivity contribution < 1.29 is 13.9 Å². The zero-order valence-electron chi connectivity index (χ0n) is 12.7. The van der Waals surface area contributed by atoms with Crippen LogP contribution in [0.3, 0.4) is 0 Å². The molecule has 0 bridgehead atoms. The Hall–Kier alpha value is -2.25. The summed E-state index contributed by atoms with van der Waals surface area (Å²) in [6.07, 6.45) is 2.44. The van der Waals surface area contributed by atoms with Crippen molar-refractivity contribution in [3.05, 3.63) is 63.8 Å². The maximum atomic E-state index is 11.9. The molecule has 0 unspecified atom stereocenters. The zero-order chi connectivity index (χ0) is 16.9. The summed E-state index contributed by atoms with van der Waals surface area (Å²) >= 11 is 4.87. The molecule has 0 saturated carbocycles. The predicted molar refractivity (Wildman–Crippen MR) is 95.3 cm³/mol. The van der Waals surface area contributed by atoms with Crippen LogP contribution >= 0.6 is 27.3 Å². The number of ether oxygens (including phenoxy) is 1. The molecular formula is C17H13BrN2O3S. The van der Waals surface area contributed by atoms with Gasteiger partial charge in [-0.05, 0) is 42.1 Å². The number of rotatable bonds is 5. The lowest BCUT2D eigenvalue weighted by atomic mass is 10.2. The molecule has 0 saturated heterocycles. The van der Waals surface area contributed by atoms with Gasteiger partial charge in [0.1, 0.15) is 0 Å². The molecule has 0 spiro atoms. The highest BCUT2D eigenvalue weighted by Gasteiger charge is 2.18. The van der Waals surface area contributed by atoms with Gasteiger partial charge >= 0.3 is 5.97 Å². The number of esters is 1. The van der Waals surface area contributed by atoms with Gasteiger partial charge in [0.25, 0.3) is 11.8 Å². The van der Waals surface area contributed by atoms with Gasteiger partial charge in [-0.15, -0.1) is 21.5 Å². The van der Waals surface area contributed by atoms with Gasteiger partial charge in [0.2, 0.25) is 0 Å². The second kappa shape index (κ2) is 7.55. The summed E-state index contributed by atoms with van der Waals surface area (Å²) in [5.74, 6) is 0.221. The van der Waals surface area contributed by atoms with E-state index in [1.165, 1.54) is 17.4 Å². The topological polar surface area (TPSA) is 65.2 Å². The monoisotopic (exact) mass is 404 g/mol. The fourth-order valence-electron chi connectivity index (χ4n) is 1.90. The number of hydrogen-bond donors (Lipinski definition) is 0. The molecule has 2 aromatic heterocycles. The molecule has 0 aliphatic rings. The molecule has 0 aliphatic carbocycles. The lowest BCUT2D eigenvalue weighted by Gasteiger charge is -2.06. The van der Waals surface area contributed by atoms with E-state index < -0.39 is 12.1 Å². The number of halogens is 1. The standard InChI is InChI=1S/C17H13BrN2O3S/c1-11(16-19-20-17(23-16)14-3-2-10-24-14)22-15(21)9-6-12-4-7-13(18)8-5-12/h2-11H,1H3/b9-6+/t11-/m0/s1. The van der Waals surface area contributed by atoms with Crippen LogP contribution in [0.4, 0.5) is 0 Å². The van der Waals surface area contributed by atoms with E-state index in [0.29, 0.717) is 5.89 Å².